The second-order valence-electron chi connectivity index (χ2n) is 11.6. The first kappa shape index (κ1) is 29.3. The van der Waals surface area contributed by atoms with Gasteiger partial charge in [-0.1, -0.05) is 33.3 Å². The molecule has 0 aromatic carbocycles. The summed E-state index contributed by atoms with van der Waals surface area (Å²) < 4.78 is 17.2. The number of aryl methyl sites for hydroxylation is 1. The Bertz CT molecular complexity index is 1010. The molecule has 8 heteroatoms. The fourth-order valence-corrected chi connectivity index (χ4v) is 5.29. The number of ether oxygens (including phenoxy) is 2. The van der Waals surface area contributed by atoms with E-state index < -0.39 is 35.6 Å². The number of nitrogens with zero attached hydrogens (tertiary/aromatic N) is 1. The van der Waals surface area contributed by atoms with Gasteiger partial charge in [0.2, 0.25) is 0 Å². The van der Waals surface area contributed by atoms with Crippen molar-refractivity contribution in [2.45, 2.75) is 110 Å². The third kappa shape index (κ3) is 6.98. The van der Waals surface area contributed by atoms with Crippen molar-refractivity contribution in [2.75, 3.05) is 0 Å². The molecule has 0 bridgehead atoms. The number of oxazole rings is 1. The van der Waals surface area contributed by atoms with Gasteiger partial charge in [0.1, 0.15) is 23.8 Å². The number of allylic oxidation sites excluding steroid dienone is 1. The number of carbonyl (C=O) groups is 2. The van der Waals surface area contributed by atoms with Gasteiger partial charge in [-0.3, -0.25) is 9.59 Å². The average molecular weight is 518 g/mol. The number of aliphatic hydroxyl groups is 2. The first-order valence-corrected chi connectivity index (χ1v) is 13.3. The molecule has 0 radical (unpaired) electrons. The zero-order valence-corrected chi connectivity index (χ0v) is 23.0. The molecule has 206 valence electrons. The topological polar surface area (TPSA) is 122 Å². The quantitative estimate of drug-likeness (QED) is 0.338. The summed E-state index contributed by atoms with van der Waals surface area (Å²) in [5.41, 5.74) is -0.186. The van der Waals surface area contributed by atoms with Gasteiger partial charge in [0, 0.05) is 19.3 Å². The lowest BCUT2D eigenvalue weighted by molar-refractivity contribution is -0.154. The molecule has 2 aliphatic rings. The van der Waals surface area contributed by atoms with Crippen molar-refractivity contribution in [1.82, 2.24) is 4.98 Å². The molecule has 7 atom stereocenters. The van der Waals surface area contributed by atoms with Crippen LogP contribution >= 0.6 is 0 Å². The van der Waals surface area contributed by atoms with E-state index in [0.717, 1.165) is 24.8 Å². The van der Waals surface area contributed by atoms with Crippen molar-refractivity contribution in [3.05, 3.63) is 36.1 Å². The highest BCUT2D eigenvalue weighted by molar-refractivity contribution is 5.88. The van der Waals surface area contributed by atoms with Crippen LogP contribution in [0.3, 0.4) is 0 Å². The van der Waals surface area contributed by atoms with Crippen LogP contribution in [-0.2, 0) is 19.1 Å². The molecule has 0 saturated carbocycles. The number of aliphatic hydroxyl groups excluding tert-OH is 2. The summed E-state index contributed by atoms with van der Waals surface area (Å²) in [6.45, 7) is 14.6. The second-order valence-corrected chi connectivity index (χ2v) is 11.6. The Labute approximate surface area is 220 Å². The van der Waals surface area contributed by atoms with E-state index in [1.165, 1.54) is 0 Å². The van der Waals surface area contributed by atoms with E-state index >= 15 is 0 Å². The maximum Gasteiger partial charge on any atom is 0.309 e. The standard InChI is InChI=1S/C29H43NO7/c1-8-10-21-26(33)17(2)11-9-12-29(7)24(37-29)14-22(18(3)13-20-16-35-19(4)30-20)36-25(32)15-23(31)28(5,6)27(21)34/h8,13,16-17,21-24,26,31,33H,1,9-12,14-15H2,2-7H3. The van der Waals surface area contributed by atoms with Crippen molar-refractivity contribution in [3.63, 3.8) is 0 Å². The Morgan fingerprint density at radius 1 is 1.27 bits per heavy atom. The maximum atomic E-state index is 13.5. The molecule has 37 heavy (non-hydrogen) atoms. The maximum absolute atomic E-state index is 13.5. The summed E-state index contributed by atoms with van der Waals surface area (Å²) in [5.74, 6) is -1.19. The molecule has 1 aromatic heterocycles. The Hall–Kier alpha value is -2.29. The Morgan fingerprint density at radius 2 is 1.97 bits per heavy atom. The van der Waals surface area contributed by atoms with Gasteiger partial charge < -0.3 is 24.1 Å². The lowest BCUT2D eigenvalue weighted by Gasteiger charge is -2.35. The van der Waals surface area contributed by atoms with Crippen molar-refractivity contribution in [3.8, 4) is 0 Å². The smallest absolute Gasteiger partial charge is 0.309 e. The molecule has 0 aliphatic carbocycles. The number of epoxide rings is 1. The lowest BCUT2D eigenvalue weighted by atomic mass is 9.71. The SMILES string of the molecule is C=CCC1C(=O)C(C)(C)C(O)CC(=O)OC(C(C)=Cc2coc(C)n2)CC2OC2(C)CCCC(C)C1O. The van der Waals surface area contributed by atoms with Crippen LogP contribution < -0.4 is 0 Å². The van der Waals surface area contributed by atoms with Crippen LogP contribution in [0.4, 0.5) is 0 Å². The number of aromatic nitrogens is 1. The van der Waals surface area contributed by atoms with Gasteiger partial charge in [-0.2, -0.15) is 0 Å². The zero-order chi connectivity index (χ0) is 27.5. The number of fused-ring (bicyclic) bond motifs is 1. The molecular weight excluding hydrogens is 474 g/mol. The van der Waals surface area contributed by atoms with E-state index in [9.17, 15) is 19.8 Å². The Morgan fingerprint density at radius 3 is 2.59 bits per heavy atom. The molecule has 3 rings (SSSR count). The Kier molecular flexibility index (Phi) is 9.19. The van der Waals surface area contributed by atoms with E-state index in [2.05, 4.69) is 18.5 Å². The van der Waals surface area contributed by atoms with Crippen molar-refractivity contribution in [2.24, 2.45) is 17.3 Å². The van der Waals surface area contributed by atoms with Crippen LogP contribution in [0.1, 0.15) is 84.7 Å². The number of esters is 1. The minimum atomic E-state index is -1.28. The summed E-state index contributed by atoms with van der Waals surface area (Å²) in [4.78, 5) is 30.9. The monoisotopic (exact) mass is 517 g/mol. The summed E-state index contributed by atoms with van der Waals surface area (Å²) >= 11 is 0. The fourth-order valence-electron chi connectivity index (χ4n) is 5.29. The number of rotatable bonds is 4. The molecule has 0 amide bonds. The van der Waals surface area contributed by atoms with E-state index in [-0.39, 0.29) is 29.8 Å². The number of cyclic esters (lactones) is 1. The van der Waals surface area contributed by atoms with Gasteiger partial charge >= 0.3 is 5.97 Å². The third-order valence-electron chi connectivity index (χ3n) is 8.17. The first-order valence-electron chi connectivity index (χ1n) is 13.3. The van der Waals surface area contributed by atoms with Gasteiger partial charge in [-0.25, -0.2) is 4.98 Å². The van der Waals surface area contributed by atoms with E-state index in [1.807, 2.05) is 19.9 Å². The third-order valence-corrected chi connectivity index (χ3v) is 8.17. The van der Waals surface area contributed by atoms with Crippen molar-refractivity contribution in [1.29, 1.82) is 0 Å². The van der Waals surface area contributed by atoms with Crippen molar-refractivity contribution < 1.29 is 33.7 Å². The number of ketones is 1. The number of hydrogen-bond donors (Lipinski definition) is 2. The van der Waals surface area contributed by atoms with E-state index in [4.69, 9.17) is 13.9 Å². The summed E-state index contributed by atoms with van der Waals surface area (Å²) in [6, 6.07) is 0. The van der Waals surface area contributed by atoms with Gasteiger partial charge in [0.05, 0.1) is 35.7 Å². The molecular formula is C29H43NO7. The summed E-state index contributed by atoms with van der Waals surface area (Å²) in [7, 11) is 0. The minimum absolute atomic E-state index is 0.0858. The minimum Gasteiger partial charge on any atom is -0.458 e. The van der Waals surface area contributed by atoms with E-state index in [1.54, 1.807) is 33.1 Å². The Balaban J connectivity index is 1.88. The van der Waals surface area contributed by atoms with Crippen LogP contribution in [0.2, 0.25) is 0 Å². The first-order chi connectivity index (χ1) is 17.3. The molecule has 8 nitrogen and oxygen atoms in total. The largest absolute Gasteiger partial charge is 0.458 e. The molecule has 3 heterocycles. The summed E-state index contributed by atoms with van der Waals surface area (Å²) in [6.07, 6.45) is 4.93. The van der Waals surface area contributed by atoms with Crippen LogP contribution in [0, 0.1) is 24.2 Å². The number of hydrogen-bond acceptors (Lipinski definition) is 8. The highest BCUT2D eigenvalue weighted by Gasteiger charge is 2.53. The fraction of sp³-hybridized carbons (Fsp3) is 0.690. The molecule has 2 saturated heterocycles. The molecule has 2 aliphatic heterocycles. The van der Waals surface area contributed by atoms with Gasteiger partial charge in [-0.15, -0.1) is 6.58 Å². The van der Waals surface area contributed by atoms with E-state index in [0.29, 0.717) is 24.4 Å². The zero-order valence-electron chi connectivity index (χ0n) is 23.0. The number of carbonyl (C=O) groups excluding carboxylic acids is 2. The predicted molar refractivity (Wildman–Crippen MR) is 139 cm³/mol. The highest BCUT2D eigenvalue weighted by Crippen LogP contribution is 2.45. The molecule has 2 N–H and O–H groups in total. The van der Waals surface area contributed by atoms with Gasteiger partial charge in [0.25, 0.3) is 0 Å². The summed E-state index contributed by atoms with van der Waals surface area (Å²) in [5, 5.41) is 22.1. The van der Waals surface area contributed by atoms with Crippen LogP contribution in [-0.4, -0.2) is 57.0 Å². The van der Waals surface area contributed by atoms with Crippen LogP contribution in [0.25, 0.3) is 6.08 Å². The normalized spacial score (nSPS) is 35.9. The highest BCUT2D eigenvalue weighted by atomic mass is 16.6. The van der Waals surface area contributed by atoms with Crippen LogP contribution in [0.15, 0.2) is 28.9 Å². The molecule has 7 unspecified atom stereocenters. The number of Topliss-reactive ketones (excluding diaryl/α,β-unsaturated/α-hetero) is 1. The molecule has 0 spiro atoms. The van der Waals surface area contributed by atoms with Gasteiger partial charge in [0.15, 0.2) is 5.89 Å². The average Bonchev–Trinajstić information content (AvgIpc) is 3.27. The molecule has 1 aromatic rings. The lowest BCUT2D eigenvalue weighted by Crippen LogP contribution is -2.46. The van der Waals surface area contributed by atoms with Gasteiger partial charge in [-0.05, 0) is 50.7 Å². The predicted octanol–water partition coefficient (Wildman–Crippen LogP) is 4.57. The van der Waals surface area contributed by atoms with Crippen molar-refractivity contribution >= 4 is 17.8 Å². The second kappa shape index (κ2) is 11.6. The van der Waals surface area contributed by atoms with Crippen LogP contribution in [0.5, 0.6) is 0 Å². The molecule has 2 fully saturated rings.